The van der Waals surface area contributed by atoms with Gasteiger partial charge in [0.1, 0.15) is 11.9 Å². The van der Waals surface area contributed by atoms with E-state index in [4.69, 9.17) is 0 Å². The summed E-state index contributed by atoms with van der Waals surface area (Å²) in [6.07, 6.45) is 4.66. The van der Waals surface area contributed by atoms with Crippen molar-refractivity contribution in [3.05, 3.63) is 61.3 Å². The van der Waals surface area contributed by atoms with Crippen LogP contribution >= 0.6 is 0 Å². The number of hydrogen-bond donors (Lipinski definition) is 1. The lowest BCUT2D eigenvalue weighted by Gasteiger charge is -2.22. The second kappa shape index (κ2) is 6.60. The summed E-state index contributed by atoms with van der Waals surface area (Å²) in [5.74, 6) is 0.265. The van der Waals surface area contributed by atoms with Crippen molar-refractivity contribution in [1.29, 1.82) is 5.26 Å². The molecule has 1 aliphatic rings. The lowest BCUT2D eigenvalue weighted by Crippen LogP contribution is -2.40. The Morgan fingerprint density at radius 1 is 1.12 bits per heavy atom. The van der Waals surface area contributed by atoms with Crippen LogP contribution in [0.15, 0.2) is 27.8 Å². The van der Waals surface area contributed by atoms with Gasteiger partial charge in [-0.3, -0.25) is 13.9 Å². The Bertz CT molecular complexity index is 979. The van der Waals surface area contributed by atoms with E-state index in [1.54, 1.807) is 7.05 Å². The van der Waals surface area contributed by atoms with E-state index in [1.807, 2.05) is 13.0 Å². The van der Waals surface area contributed by atoms with Crippen LogP contribution in [0.5, 0.6) is 0 Å². The van der Waals surface area contributed by atoms with E-state index in [9.17, 15) is 14.9 Å². The summed E-state index contributed by atoms with van der Waals surface area (Å²) in [5, 5.41) is 12.6. The first-order valence-electron chi connectivity index (χ1n) is 8.52. The minimum Gasteiger partial charge on any atom is -0.364 e. The average Bonchev–Trinajstić information content (AvgIpc) is 2.64. The van der Waals surface area contributed by atoms with E-state index in [0.717, 1.165) is 23.0 Å². The van der Waals surface area contributed by atoms with Gasteiger partial charge in [0, 0.05) is 20.1 Å². The second-order valence-corrected chi connectivity index (χ2v) is 6.64. The van der Waals surface area contributed by atoms with Gasteiger partial charge in [0.25, 0.3) is 5.56 Å². The third kappa shape index (κ3) is 2.98. The summed E-state index contributed by atoms with van der Waals surface area (Å²) >= 11 is 0. The highest BCUT2D eigenvalue weighted by atomic mass is 16.2. The van der Waals surface area contributed by atoms with Crippen LogP contribution in [0.3, 0.4) is 0 Å². The first-order chi connectivity index (χ1) is 11.9. The molecule has 0 unspecified atom stereocenters. The van der Waals surface area contributed by atoms with Gasteiger partial charge in [0.15, 0.2) is 5.56 Å². The number of aromatic nitrogens is 2. The van der Waals surface area contributed by atoms with Crippen LogP contribution in [0.2, 0.25) is 0 Å². The number of rotatable bonds is 3. The molecule has 0 spiro atoms. The lowest BCUT2D eigenvalue weighted by atomic mass is 9.89. The zero-order chi connectivity index (χ0) is 18.1. The third-order valence-corrected chi connectivity index (χ3v) is 5.00. The standard InChI is InChI=1S/C19H22N4O2/c1-12(14-9-8-13-6-4-5-7-15(13)10-14)21-17-16(11-20)18(24)23(3)19(25)22(17)2/h8-10,12,21H,4-7H2,1-3H3/t12-/m1/s1. The minimum absolute atomic E-state index is 0.0468. The predicted octanol–water partition coefficient (Wildman–Crippen LogP) is 2.01. The molecule has 0 aliphatic heterocycles. The van der Waals surface area contributed by atoms with Crippen LogP contribution in [-0.2, 0) is 26.9 Å². The Morgan fingerprint density at radius 2 is 1.80 bits per heavy atom. The quantitative estimate of drug-likeness (QED) is 0.928. The monoisotopic (exact) mass is 338 g/mol. The van der Waals surface area contributed by atoms with Gasteiger partial charge in [-0.1, -0.05) is 18.2 Å². The molecule has 0 amide bonds. The maximum atomic E-state index is 12.2. The van der Waals surface area contributed by atoms with E-state index in [1.165, 1.54) is 35.6 Å². The van der Waals surface area contributed by atoms with Crippen molar-refractivity contribution in [3.63, 3.8) is 0 Å². The number of hydrogen-bond acceptors (Lipinski definition) is 4. The van der Waals surface area contributed by atoms with Gasteiger partial charge in [-0.05, 0) is 49.3 Å². The highest BCUT2D eigenvalue weighted by molar-refractivity contribution is 5.53. The summed E-state index contributed by atoms with van der Waals surface area (Å²) in [6.45, 7) is 1.97. The van der Waals surface area contributed by atoms with Crippen molar-refractivity contribution in [2.45, 2.75) is 38.6 Å². The van der Waals surface area contributed by atoms with Crippen molar-refractivity contribution >= 4 is 5.82 Å². The molecule has 130 valence electrons. The molecule has 1 N–H and O–H groups in total. The van der Waals surface area contributed by atoms with Crippen molar-refractivity contribution in [2.75, 3.05) is 5.32 Å². The van der Waals surface area contributed by atoms with Crippen LogP contribution in [0.4, 0.5) is 5.82 Å². The number of anilines is 1. The van der Waals surface area contributed by atoms with E-state index < -0.39 is 11.2 Å². The van der Waals surface area contributed by atoms with Crippen molar-refractivity contribution in [3.8, 4) is 6.07 Å². The first-order valence-corrected chi connectivity index (χ1v) is 8.52. The summed E-state index contributed by atoms with van der Waals surface area (Å²) in [7, 11) is 2.94. The van der Waals surface area contributed by atoms with Crippen LogP contribution in [-0.4, -0.2) is 9.13 Å². The van der Waals surface area contributed by atoms with E-state index in [2.05, 4.69) is 23.5 Å². The molecule has 0 saturated heterocycles. The molecule has 1 aromatic carbocycles. The van der Waals surface area contributed by atoms with E-state index >= 15 is 0 Å². The topological polar surface area (TPSA) is 79.8 Å². The Hall–Kier alpha value is -2.81. The number of nitriles is 1. The van der Waals surface area contributed by atoms with Gasteiger partial charge in [0.2, 0.25) is 0 Å². The van der Waals surface area contributed by atoms with Crippen molar-refractivity contribution in [1.82, 2.24) is 9.13 Å². The van der Waals surface area contributed by atoms with Crippen LogP contribution in [0, 0.1) is 11.3 Å². The summed E-state index contributed by atoms with van der Waals surface area (Å²) in [5.41, 5.74) is 2.78. The van der Waals surface area contributed by atoms with Crippen molar-refractivity contribution in [2.24, 2.45) is 14.1 Å². The third-order valence-electron chi connectivity index (χ3n) is 5.00. The zero-order valence-corrected chi connectivity index (χ0v) is 14.8. The van der Waals surface area contributed by atoms with Crippen LogP contribution < -0.4 is 16.6 Å². The molecule has 0 saturated carbocycles. The van der Waals surface area contributed by atoms with E-state index in [0.29, 0.717) is 0 Å². The smallest absolute Gasteiger partial charge is 0.332 e. The molecule has 3 rings (SSSR count). The van der Waals surface area contributed by atoms with Gasteiger partial charge in [-0.15, -0.1) is 0 Å². The van der Waals surface area contributed by atoms with Gasteiger partial charge in [-0.25, -0.2) is 4.79 Å². The summed E-state index contributed by atoms with van der Waals surface area (Å²) in [4.78, 5) is 24.4. The molecule has 1 atom stereocenters. The molecule has 25 heavy (non-hydrogen) atoms. The number of nitrogens with zero attached hydrogens (tertiary/aromatic N) is 3. The molecule has 1 heterocycles. The Balaban J connectivity index is 1.99. The maximum Gasteiger partial charge on any atom is 0.332 e. The molecule has 0 radical (unpaired) electrons. The Labute approximate surface area is 146 Å². The highest BCUT2D eigenvalue weighted by Crippen LogP contribution is 2.26. The zero-order valence-electron chi connectivity index (χ0n) is 14.8. The molecule has 6 heteroatoms. The molecular formula is C19H22N4O2. The largest absolute Gasteiger partial charge is 0.364 e. The lowest BCUT2D eigenvalue weighted by molar-refractivity contribution is 0.674. The molecule has 1 aromatic heterocycles. The maximum absolute atomic E-state index is 12.2. The fourth-order valence-corrected chi connectivity index (χ4v) is 3.43. The number of fused-ring (bicyclic) bond motifs is 1. The van der Waals surface area contributed by atoms with Gasteiger partial charge in [-0.2, -0.15) is 5.26 Å². The number of benzene rings is 1. The van der Waals surface area contributed by atoms with Crippen molar-refractivity contribution < 1.29 is 0 Å². The van der Waals surface area contributed by atoms with Crippen LogP contribution in [0.25, 0.3) is 0 Å². The number of aryl methyl sites for hydroxylation is 2. The van der Waals surface area contributed by atoms with E-state index in [-0.39, 0.29) is 17.4 Å². The van der Waals surface area contributed by atoms with Crippen LogP contribution in [0.1, 0.15) is 48.1 Å². The average molecular weight is 338 g/mol. The second-order valence-electron chi connectivity index (χ2n) is 6.64. The number of nitrogens with one attached hydrogen (secondary N) is 1. The molecule has 0 fully saturated rings. The molecule has 1 aliphatic carbocycles. The highest BCUT2D eigenvalue weighted by Gasteiger charge is 2.18. The summed E-state index contributed by atoms with van der Waals surface area (Å²) in [6, 6.07) is 8.23. The van der Waals surface area contributed by atoms with Gasteiger partial charge < -0.3 is 5.32 Å². The molecule has 0 bridgehead atoms. The van der Waals surface area contributed by atoms with Gasteiger partial charge in [0.05, 0.1) is 0 Å². The fraction of sp³-hybridized carbons (Fsp3) is 0.421. The predicted molar refractivity (Wildman–Crippen MR) is 96.8 cm³/mol. The molecule has 6 nitrogen and oxygen atoms in total. The summed E-state index contributed by atoms with van der Waals surface area (Å²) < 4.78 is 2.27. The fourth-order valence-electron chi connectivity index (χ4n) is 3.43. The Kier molecular flexibility index (Phi) is 4.49. The normalized spacial score (nSPS) is 14.5. The molecule has 2 aromatic rings. The Morgan fingerprint density at radius 3 is 2.48 bits per heavy atom. The van der Waals surface area contributed by atoms with Gasteiger partial charge >= 0.3 is 5.69 Å². The molecular weight excluding hydrogens is 316 g/mol. The SMILES string of the molecule is C[C@@H](Nc1c(C#N)c(=O)n(C)c(=O)n1C)c1ccc2c(c1)CCCC2. The minimum atomic E-state index is -0.578. The first kappa shape index (κ1) is 17.0.